The van der Waals surface area contributed by atoms with Crippen molar-refractivity contribution >= 4 is 18.7 Å². The van der Waals surface area contributed by atoms with Crippen LogP contribution in [0.1, 0.15) is 13.3 Å². The van der Waals surface area contributed by atoms with Gasteiger partial charge in [-0.05, 0) is 34.0 Å². The molecule has 0 aliphatic heterocycles. The fraction of sp³-hybridized carbons (Fsp3) is 0.875. The number of nitrogens with zero attached hydrogens (tertiary/aromatic N) is 2. The lowest BCUT2D eigenvalue weighted by molar-refractivity contribution is 0.400. The molecule has 0 fully saturated rings. The molecule has 1 N–H and O–H groups in total. The van der Waals surface area contributed by atoms with E-state index in [0.717, 1.165) is 19.6 Å². The van der Waals surface area contributed by atoms with Crippen LogP contribution in [0.4, 0.5) is 0 Å². The number of aliphatic imine (C=N–C) groups is 1. The van der Waals surface area contributed by atoms with Gasteiger partial charge < -0.3 is 10.2 Å². The van der Waals surface area contributed by atoms with E-state index < -0.39 is 0 Å². The third-order valence-corrected chi connectivity index (χ3v) is 1.29. The van der Waals surface area contributed by atoms with Gasteiger partial charge >= 0.3 is 0 Å². The number of nitrogens with one attached hydrogen (secondary N) is 1. The van der Waals surface area contributed by atoms with Crippen molar-refractivity contribution in [2.45, 2.75) is 13.3 Å². The highest BCUT2D eigenvalue weighted by molar-refractivity contribution is 5.85. The molecule has 3 nitrogen and oxygen atoms in total. The number of halogens is 1. The Kier molecular flexibility index (Phi) is 12.7. The molecule has 0 aromatic rings. The summed E-state index contributed by atoms with van der Waals surface area (Å²) in [5.41, 5.74) is 0. The zero-order chi connectivity index (χ0) is 8.53. The van der Waals surface area contributed by atoms with Crippen LogP contribution in [0.2, 0.25) is 0 Å². The summed E-state index contributed by atoms with van der Waals surface area (Å²) >= 11 is 0. The molecule has 0 bridgehead atoms. The van der Waals surface area contributed by atoms with E-state index in [9.17, 15) is 0 Å². The summed E-state index contributed by atoms with van der Waals surface area (Å²) in [6.45, 7) is 5.04. The predicted octanol–water partition coefficient (Wildman–Crippen LogP) is 0.998. The first-order chi connectivity index (χ1) is 5.27. The highest BCUT2D eigenvalue weighted by Crippen LogP contribution is 1.79. The monoisotopic (exact) mass is 193 g/mol. The van der Waals surface area contributed by atoms with Crippen LogP contribution in [0, 0.1) is 0 Å². The highest BCUT2D eigenvalue weighted by atomic mass is 35.5. The third-order valence-electron chi connectivity index (χ3n) is 1.29. The van der Waals surface area contributed by atoms with Crippen molar-refractivity contribution in [3.63, 3.8) is 0 Å². The van der Waals surface area contributed by atoms with Gasteiger partial charge in [-0.15, -0.1) is 12.4 Å². The molecule has 0 aromatic heterocycles. The molecule has 0 amide bonds. The number of rotatable bonds is 6. The van der Waals surface area contributed by atoms with Gasteiger partial charge in [0.1, 0.15) is 0 Å². The molecule has 0 atom stereocenters. The summed E-state index contributed by atoms with van der Waals surface area (Å²) < 4.78 is 0. The second-order valence-corrected chi connectivity index (χ2v) is 2.74. The fourth-order valence-electron chi connectivity index (χ4n) is 0.718. The predicted molar refractivity (Wildman–Crippen MR) is 57.5 cm³/mol. The van der Waals surface area contributed by atoms with E-state index in [0.29, 0.717) is 0 Å². The molecule has 0 radical (unpaired) electrons. The van der Waals surface area contributed by atoms with Gasteiger partial charge in [0.15, 0.2) is 0 Å². The molecule has 0 spiro atoms. The van der Waals surface area contributed by atoms with Crippen molar-refractivity contribution in [1.82, 2.24) is 10.2 Å². The van der Waals surface area contributed by atoms with Gasteiger partial charge in [-0.3, -0.25) is 4.99 Å². The van der Waals surface area contributed by atoms with E-state index in [1.807, 2.05) is 6.92 Å². The SMILES string of the molecule is CCN=CNCCCN(C)C.Cl. The van der Waals surface area contributed by atoms with Crippen LogP contribution >= 0.6 is 12.4 Å². The lowest BCUT2D eigenvalue weighted by atomic mass is 10.4. The van der Waals surface area contributed by atoms with E-state index in [-0.39, 0.29) is 12.4 Å². The molecule has 4 heteroatoms. The van der Waals surface area contributed by atoms with Crippen LogP contribution in [-0.2, 0) is 0 Å². The van der Waals surface area contributed by atoms with E-state index >= 15 is 0 Å². The average molecular weight is 194 g/mol. The van der Waals surface area contributed by atoms with Crippen molar-refractivity contribution in [3.8, 4) is 0 Å². The normalized spacial score (nSPS) is 10.3. The maximum atomic E-state index is 4.04. The molecule has 0 heterocycles. The minimum absolute atomic E-state index is 0. The first-order valence-electron chi connectivity index (χ1n) is 4.13. The van der Waals surface area contributed by atoms with E-state index in [1.165, 1.54) is 6.42 Å². The molecule has 0 saturated carbocycles. The van der Waals surface area contributed by atoms with Crippen LogP contribution in [0.5, 0.6) is 0 Å². The highest BCUT2D eigenvalue weighted by Gasteiger charge is 1.87. The summed E-state index contributed by atoms with van der Waals surface area (Å²) in [5.74, 6) is 0. The van der Waals surface area contributed by atoms with E-state index in [1.54, 1.807) is 6.34 Å². The summed E-state index contributed by atoms with van der Waals surface area (Å²) in [7, 11) is 4.17. The summed E-state index contributed by atoms with van der Waals surface area (Å²) in [5, 5.41) is 3.12. The fourth-order valence-corrected chi connectivity index (χ4v) is 0.718. The Bertz CT molecular complexity index is 104. The molecule has 74 valence electrons. The quantitative estimate of drug-likeness (QED) is 0.387. The van der Waals surface area contributed by atoms with Gasteiger partial charge in [-0.25, -0.2) is 0 Å². The summed E-state index contributed by atoms with van der Waals surface area (Å²) in [4.78, 5) is 6.22. The van der Waals surface area contributed by atoms with Crippen molar-refractivity contribution in [3.05, 3.63) is 0 Å². The van der Waals surface area contributed by atoms with Crippen LogP contribution < -0.4 is 5.32 Å². The largest absolute Gasteiger partial charge is 0.376 e. The average Bonchev–Trinajstić information content (AvgIpc) is 1.96. The lowest BCUT2D eigenvalue weighted by Crippen LogP contribution is -2.20. The second kappa shape index (κ2) is 10.7. The Hall–Kier alpha value is -0.280. The van der Waals surface area contributed by atoms with Gasteiger partial charge in [0.05, 0.1) is 6.34 Å². The van der Waals surface area contributed by atoms with Crippen LogP contribution in [-0.4, -0.2) is 45.0 Å². The molecule has 0 unspecified atom stereocenters. The minimum Gasteiger partial charge on any atom is -0.376 e. The molecule has 0 aliphatic rings. The van der Waals surface area contributed by atoms with Crippen molar-refractivity contribution in [2.24, 2.45) is 4.99 Å². The Morgan fingerprint density at radius 2 is 2.08 bits per heavy atom. The first-order valence-corrected chi connectivity index (χ1v) is 4.13. The van der Waals surface area contributed by atoms with Gasteiger partial charge in [0, 0.05) is 13.1 Å². The van der Waals surface area contributed by atoms with Crippen molar-refractivity contribution in [1.29, 1.82) is 0 Å². The van der Waals surface area contributed by atoms with Crippen LogP contribution in [0.3, 0.4) is 0 Å². The first kappa shape index (κ1) is 14.3. The maximum absolute atomic E-state index is 4.04. The zero-order valence-corrected chi connectivity index (χ0v) is 9.02. The summed E-state index contributed by atoms with van der Waals surface area (Å²) in [6, 6.07) is 0. The number of hydrogen-bond donors (Lipinski definition) is 1. The molecular weight excluding hydrogens is 174 g/mol. The van der Waals surface area contributed by atoms with Gasteiger partial charge in [0.25, 0.3) is 0 Å². The van der Waals surface area contributed by atoms with E-state index in [4.69, 9.17) is 0 Å². The molecule has 12 heavy (non-hydrogen) atoms. The second-order valence-electron chi connectivity index (χ2n) is 2.74. The molecule has 0 saturated heterocycles. The van der Waals surface area contributed by atoms with Gasteiger partial charge in [-0.2, -0.15) is 0 Å². The summed E-state index contributed by atoms with van der Waals surface area (Å²) in [6.07, 6.45) is 2.96. The minimum atomic E-state index is 0. The number of hydrogen-bond acceptors (Lipinski definition) is 2. The maximum Gasteiger partial charge on any atom is 0.0823 e. The Labute approximate surface area is 81.7 Å². The Balaban J connectivity index is 0. The smallest absolute Gasteiger partial charge is 0.0823 e. The molecule has 0 aromatic carbocycles. The standard InChI is InChI=1S/C8H19N3.ClH/c1-4-9-8-10-6-5-7-11(2)3;/h8H,4-7H2,1-3H3,(H,9,10);1H. The van der Waals surface area contributed by atoms with E-state index in [2.05, 4.69) is 29.3 Å². The molecular formula is C8H20ClN3. The molecule has 0 rings (SSSR count). The zero-order valence-electron chi connectivity index (χ0n) is 8.21. The van der Waals surface area contributed by atoms with Crippen LogP contribution in [0.15, 0.2) is 4.99 Å². The van der Waals surface area contributed by atoms with Crippen molar-refractivity contribution < 1.29 is 0 Å². The third kappa shape index (κ3) is 12.4. The van der Waals surface area contributed by atoms with Crippen LogP contribution in [0.25, 0.3) is 0 Å². The topological polar surface area (TPSA) is 27.6 Å². The molecule has 0 aliphatic carbocycles. The van der Waals surface area contributed by atoms with Gasteiger partial charge in [-0.1, -0.05) is 0 Å². The lowest BCUT2D eigenvalue weighted by Gasteiger charge is -2.07. The van der Waals surface area contributed by atoms with Crippen molar-refractivity contribution in [2.75, 3.05) is 33.7 Å². The van der Waals surface area contributed by atoms with Gasteiger partial charge in [0.2, 0.25) is 0 Å². The Morgan fingerprint density at radius 3 is 2.58 bits per heavy atom. The Morgan fingerprint density at radius 1 is 1.42 bits per heavy atom.